The Hall–Kier alpha value is -1.88. The largest absolute Gasteiger partial charge is 0.474 e. The highest BCUT2D eigenvalue weighted by molar-refractivity contribution is 5.15. The summed E-state index contributed by atoms with van der Waals surface area (Å²) in [5, 5.41) is 4.27. The van der Waals surface area contributed by atoms with E-state index >= 15 is 0 Å². The maximum atomic E-state index is 6.03. The van der Waals surface area contributed by atoms with Crippen LogP contribution in [0.25, 0.3) is 0 Å². The zero-order chi connectivity index (χ0) is 16.1. The minimum atomic E-state index is 0.291. The molecule has 124 valence electrons. The molecule has 5 heteroatoms. The zero-order valence-electron chi connectivity index (χ0n) is 14.1. The van der Waals surface area contributed by atoms with Crippen molar-refractivity contribution >= 4 is 0 Å². The number of pyridine rings is 1. The number of hydrogen-bond donors (Lipinski definition) is 0. The van der Waals surface area contributed by atoms with Gasteiger partial charge in [-0.3, -0.25) is 4.68 Å². The molecule has 0 aromatic carbocycles. The Labute approximate surface area is 138 Å². The van der Waals surface area contributed by atoms with E-state index < -0.39 is 0 Å². The van der Waals surface area contributed by atoms with Gasteiger partial charge in [-0.15, -0.1) is 0 Å². The van der Waals surface area contributed by atoms with Crippen LogP contribution in [-0.2, 0) is 6.54 Å². The topological polar surface area (TPSA) is 43.2 Å². The third-order valence-corrected chi connectivity index (χ3v) is 4.59. The molecule has 1 aliphatic heterocycles. The van der Waals surface area contributed by atoms with Crippen LogP contribution in [0.2, 0.25) is 0 Å². The first-order chi connectivity index (χ1) is 11.2. The van der Waals surface area contributed by atoms with Crippen LogP contribution in [0.5, 0.6) is 5.88 Å². The molecule has 0 amide bonds. The van der Waals surface area contributed by atoms with Crippen LogP contribution in [-0.4, -0.2) is 44.9 Å². The van der Waals surface area contributed by atoms with Crippen molar-refractivity contribution in [2.45, 2.75) is 51.8 Å². The highest BCUT2D eigenvalue weighted by atomic mass is 16.5. The lowest BCUT2D eigenvalue weighted by Gasteiger charge is -2.36. The van der Waals surface area contributed by atoms with Crippen LogP contribution >= 0.6 is 0 Å². The van der Waals surface area contributed by atoms with E-state index in [0.29, 0.717) is 12.1 Å². The van der Waals surface area contributed by atoms with E-state index in [1.165, 1.54) is 0 Å². The Morgan fingerprint density at radius 3 is 2.78 bits per heavy atom. The summed E-state index contributed by atoms with van der Waals surface area (Å²) in [6.07, 6.45) is 7.43. The smallest absolute Gasteiger partial charge is 0.213 e. The van der Waals surface area contributed by atoms with Crippen LogP contribution < -0.4 is 4.74 Å². The Bertz CT molecular complexity index is 591. The first-order valence-electron chi connectivity index (χ1n) is 8.52. The van der Waals surface area contributed by atoms with Gasteiger partial charge in [0.25, 0.3) is 0 Å². The fourth-order valence-corrected chi connectivity index (χ4v) is 3.12. The van der Waals surface area contributed by atoms with E-state index in [-0.39, 0.29) is 0 Å². The first kappa shape index (κ1) is 16.0. The van der Waals surface area contributed by atoms with Gasteiger partial charge in [0.05, 0.1) is 0 Å². The quantitative estimate of drug-likeness (QED) is 0.822. The fourth-order valence-electron chi connectivity index (χ4n) is 3.12. The lowest BCUT2D eigenvalue weighted by Crippen LogP contribution is -2.43. The second-order valence-electron chi connectivity index (χ2n) is 6.38. The Morgan fingerprint density at radius 2 is 2.09 bits per heavy atom. The molecule has 0 radical (unpaired) electrons. The Kier molecular flexibility index (Phi) is 5.28. The number of nitrogens with zero attached hydrogens (tertiary/aromatic N) is 4. The van der Waals surface area contributed by atoms with Gasteiger partial charge in [-0.25, -0.2) is 4.98 Å². The van der Waals surface area contributed by atoms with Crippen molar-refractivity contribution in [3.63, 3.8) is 0 Å². The normalized spacial score (nSPS) is 18.0. The third kappa shape index (κ3) is 4.55. The standard InChI is InChI=1S/C18H26N4O/c1-15-5-3-6-18(20-15)23-17-8-12-21(13-9-17)16(2)7-14-22-11-4-10-19-22/h3-6,10-11,16-17H,7-9,12-14H2,1-2H3. The Balaban J connectivity index is 1.42. The van der Waals surface area contributed by atoms with Crippen molar-refractivity contribution < 1.29 is 4.74 Å². The summed E-state index contributed by atoms with van der Waals surface area (Å²) in [6, 6.07) is 8.51. The second kappa shape index (κ2) is 7.59. The van der Waals surface area contributed by atoms with E-state index in [2.05, 4.69) is 21.9 Å². The highest BCUT2D eigenvalue weighted by Crippen LogP contribution is 2.20. The molecule has 1 fully saturated rings. The van der Waals surface area contributed by atoms with E-state index in [4.69, 9.17) is 4.74 Å². The van der Waals surface area contributed by atoms with Crippen LogP contribution in [0.15, 0.2) is 36.7 Å². The second-order valence-corrected chi connectivity index (χ2v) is 6.38. The number of rotatable bonds is 6. The maximum Gasteiger partial charge on any atom is 0.213 e. The molecule has 0 N–H and O–H groups in total. The number of likely N-dealkylation sites (tertiary alicyclic amines) is 1. The Morgan fingerprint density at radius 1 is 1.26 bits per heavy atom. The van der Waals surface area contributed by atoms with Gasteiger partial charge >= 0.3 is 0 Å². The van der Waals surface area contributed by atoms with Gasteiger partial charge in [-0.1, -0.05) is 6.07 Å². The third-order valence-electron chi connectivity index (χ3n) is 4.59. The molecule has 0 bridgehead atoms. The van der Waals surface area contributed by atoms with Gasteiger partial charge in [0.15, 0.2) is 0 Å². The summed E-state index contributed by atoms with van der Waals surface area (Å²) in [7, 11) is 0. The average Bonchev–Trinajstić information content (AvgIpc) is 3.07. The molecule has 2 aromatic rings. The van der Waals surface area contributed by atoms with Crippen LogP contribution in [0.3, 0.4) is 0 Å². The molecule has 0 spiro atoms. The summed E-state index contributed by atoms with van der Waals surface area (Å²) in [6.45, 7) is 7.48. The number of ether oxygens (including phenoxy) is 1. The van der Waals surface area contributed by atoms with Crippen molar-refractivity contribution in [1.29, 1.82) is 0 Å². The number of aromatic nitrogens is 3. The lowest BCUT2D eigenvalue weighted by molar-refractivity contribution is 0.0732. The molecule has 1 atom stereocenters. The zero-order valence-corrected chi connectivity index (χ0v) is 14.1. The van der Waals surface area contributed by atoms with E-state index in [1.807, 2.05) is 48.3 Å². The molecule has 0 saturated carbocycles. The summed E-state index contributed by atoms with van der Waals surface area (Å²) < 4.78 is 8.04. The minimum absolute atomic E-state index is 0.291. The molecular weight excluding hydrogens is 288 g/mol. The van der Waals surface area contributed by atoms with Gasteiger partial charge in [0, 0.05) is 49.8 Å². The summed E-state index contributed by atoms with van der Waals surface area (Å²) in [5.74, 6) is 0.759. The molecule has 23 heavy (non-hydrogen) atoms. The van der Waals surface area contributed by atoms with Gasteiger partial charge in [0.1, 0.15) is 6.10 Å². The predicted molar refractivity (Wildman–Crippen MR) is 90.5 cm³/mol. The SMILES string of the molecule is Cc1cccc(OC2CCN(C(C)CCn3cccn3)CC2)n1. The molecule has 1 saturated heterocycles. The monoisotopic (exact) mass is 314 g/mol. The van der Waals surface area contributed by atoms with E-state index in [1.54, 1.807) is 0 Å². The van der Waals surface area contributed by atoms with Crippen molar-refractivity contribution in [3.8, 4) is 5.88 Å². The average molecular weight is 314 g/mol. The van der Waals surface area contributed by atoms with E-state index in [0.717, 1.165) is 50.5 Å². The van der Waals surface area contributed by atoms with Crippen molar-refractivity contribution in [2.24, 2.45) is 0 Å². The lowest BCUT2D eigenvalue weighted by atomic mass is 10.0. The van der Waals surface area contributed by atoms with Gasteiger partial charge in [0.2, 0.25) is 5.88 Å². The van der Waals surface area contributed by atoms with Crippen molar-refractivity contribution in [3.05, 3.63) is 42.4 Å². The number of hydrogen-bond acceptors (Lipinski definition) is 4. The fraction of sp³-hybridized carbons (Fsp3) is 0.556. The molecule has 3 heterocycles. The summed E-state index contributed by atoms with van der Waals surface area (Å²) >= 11 is 0. The van der Waals surface area contributed by atoms with Gasteiger partial charge < -0.3 is 9.64 Å². The predicted octanol–water partition coefficient (Wildman–Crippen LogP) is 2.91. The first-order valence-corrected chi connectivity index (χ1v) is 8.52. The molecule has 0 aliphatic carbocycles. The van der Waals surface area contributed by atoms with Crippen LogP contribution in [0.1, 0.15) is 31.9 Å². The maximum absolute atomic E-state index is 6.03. The summed E-state index contributed by atoms with van der Waals surface area (Å²) in [5.41, 5.74) is 1.01. The molecule has 2 aromatic heterocycles. The summed E-state index contributed by atoms with van der Waals surface area (Å²) in [4.78, 5) is 7.00. The van der Waals surface area contributed by atoms with Crippen molar-refractivity contribution in [2.75, 3.05) is 13.1 Å². The van der Waals surface area contributed by atoms with Gasteiger partial charge in [-0.2, -0.15) is 5.10 Å². The van der Waals surface area contributed by atoms with Gasteiger partial charge in [-0.05, 0) is 45.2 Å². The highest BCUT2D eigenvalue weighted by Gasteiger charge is 2.24. The molecular formula is C18H26N4O. The number of piperidine rings is 1. The molecule has 5 nitrogen and oxygen atoms in total. The molecule has 1 unspecified atom stereocenters. The molecule has 1 aliphatic rings. The number of aryl methyl sites for hydroxylation is 2. The van der Waals surface area contributed by atoms with E-state index in [9.17, 15) is 0 Å². The van der Waals surface area contributed by atoms with Crippen LogP contribution in [0, 0.1) is 6.92 Å². The minimum Gasteiger partial charge on any atom is -0.474 e. The molecule has 3 rings (SSSR count). The van der Waals surface area contributed by atoms with Crippen molar-refractivity contribution in [1.82, 2.24) is 19.7 Å². The van der Waals surface area contributed by atoms with Crippen LogP contribution in [0.4, 0.5) is 0 Å².